The van der Waals surface area contributed by atoms with E-state index >= 15 is 0 Å². The Balaban J connectivity index is 2.41. The van der Waals surface area contributed by atoms with E-state index in [1.54, 1.807) is 0 Å². The average molecular weight is 201 g/mol. The van der Waals surface area contributed by atoms with E-state index in [9.17, 15) is 0 Å². The molecule has 0 aromatic heterocycles. The summed E-state index contributed by atoms with van der Waals surface area (Å²) < 4.78 is 0. The Bertz CT molecular complexity index is 373. The number of rotatable bonds is 3. The highest BCUT2D eigenvalue weighted by atomic mass is 14.7. The van der Waals surface area contributed by atoms with Crippen LogP contribution in [-0.2, 0) is 0 Å². The Kier molecular flexibility index (Phi) is 2.90. The molecule has 1 saturated carbocycles. The average Bonchev–Trinajstić information content (AvgIpc) is 3.02. The molecule has 0 unspecified atom stereocenters. The molecule has 0 spiro atoms. The maximum atomic E-state index is 4.45. The summed E-state index contributed by atoms with van der Waals surface area (Å²) in [5.74, 6) is 1.31. The van der Waals surface area contributed by atoms with Gasteiger partial charge in [0.15, 0.2) is 0 Å². The topological polar surface area (TPSA) is 12.4 Å². The summed E-state index contributed by atoms with van der Waals surface area (Å²) >= 11 is 0. The molecule has 1 heteroatoms. The van der Waals surface area contributed by atoms with Crippen LogP contribution in [0.3, 0.4) is 0 Å². The van der Waals surface area contributed by atoms with Gasteiger partial charge in [0, 0.05) is 12.8 Å². The monoisotopic (exact) mass is 201 g/mol. The Morgan fingerprint density at radius 1 is 1.27 bits per heavy atom. The fraction of sp³-hybridized carbons (Fsp3) is 0.500. The number of hydrogen-bond acceptors (Lipinski definition) is 1. The molecule has 0 atom stereocenters. The highest BCUT2D eigenvalue weighted by Gasteiger charge is 2.27. The fourth-order valence-corrected chi connectivity index (χ4v) is 2.17. The number of hydrogen-bond donors (Lipinski definition) is 0. The van der Waals surface area contributed by atoms with Crippen molar-refractivity contribution in [2.24, 2.45) is 10.9 Å². The maximum absolute atomic E-state index is 4.45. The second-order valence-electron chi connectivity index (χ2n) is 4.63. The lowest BCUT2D eigenvalue weighted by atomic mass is 9.93. The van der Waals surface area contributed by atoms with E-state index in [1.807, 2.05) is 7.05 Å². The van der Waals surface area contributed by atoms with Gasteiger partial charge in [0.05, 0.1) is 0 Å². The van der Waals surface area contributed by atoms with Gasteiger partial charge in [-0.2, -0.15) is 0 Å². The zero-order chi connectivity index (χ0) is 10.8. The minimum absolute atomic E-state index is 0.509. The van der Waals surface area contributed by atoms with Crippen molar-refractivity contribution in [2.45, 2.75) is 32.6 Å². The third-order valence-electron chi connectivity index (χ3n) is 3.04. The smallest absolute Gasteiger partial charge is 0.0445 e. The summed E-state index contributed by atoms with van der Waals surface area (Å²) in [6, 6.07) is 8.75. The van der Waals surface area contributed by atoms with Crippen LogP contribution in [-0.4, -0.2) is 12.8 Å². The predicted octanol–water partition coefficient (Wildman–Crippen LogP) is 3.64. The second kappa shape index (κ2) is 4.18. The first-order chi connectivity index (χ1) is 7.24. The lowest BCUT2D eigenvalue weighted by Gasteiger charge is -2.14. The Morgan fingerprint density at radius 3 is 2.47 bits per heavy atom. The van der Waals surface area contributed by atoms with Gasteiger partial charge in [-0.25, -0.2) is 0 Å². The van der Waals surface area contributed by atoms with Crippen molar-refractivity contribution in [3.05, 3.63) is 35.4 Å². The van der Waals surface area contributed by atoms with Crippen molar-refractivity contribution in [2.75, 3.05) is 7.05 Å². The quantitative estimate of drug-likeness (QED) is 0.662. The third kappa shape index (κ3) is 2.11. The Labute approximate surface area is 92.2 Å². The molecule has 0 heterocycles. The second-order valence-corrected chi connectivity index (χ2v) is 4.63. The standard InChI is InChI=1S/C14H19N/c1-10(2)14(15-3)13-7-5-4-6-12(13)11-8-9-11/h4-7,10-11H,8-9H2,1-3H3. The van der Waals surface area contributed by atoms with Gasteiger partial charge in [-0.3, -0.25) is 4.99 Å². The SMILES string of the molecule is CN=C(c1ccccc1C1CC1)C(C)C. The molecular weight excluding hydrogens is 182 g/mol. The fourth-order valence-electron chi connectivity index (χ4n) is 2.17. The summed E-state index contributed by atoms with van der Waals surface area (Å²) in [7, 11) is 1.90. The molecule has 2 rings (SSSR count). The summed E-state index contributed by atoms with van der Waals surface area (Å²) in [6.07, 6.45) is 2.71. The van der Waals surface area contributed by atoms with Crippen LogP contribution in [0.1, 0.15) is 43.7 Å². The molecule has 1 aromatic carbocycles. The summed E-state index contributed by atoms with van der Waals surface area (Å²) in [4.78, 5) is 4.45. The van der Waals surface area contributed by atoms with E-state index in [0.717, 1.165) is 5.92 Å². The molecule has 80 valence electrons. The summed E-state index contributed by atoms with van der Waals surface area (Å²) in [5, 5.41) is 0. The van der Waals surface area contributed by atoms with Crippen LogP contribution in [0, 0.1) is 5.92 Å². The number of aliphatic imine (C=N–C) groups is 1. The highest BCUT2D eigenvalue weighted by molar-refractivity contribution is 6.03. The van der Waals surface area contributed by atoms with Crippen LogP contribution in [0.25, 0.3) is 0 Å². The Hall–Kier alpha value is -1.11. The van der Waals surface area contributed by atoms with Crippen molar-refractivity contribution < 1.29 is 0 Å². The van der Waals surface area contributed by atoms with Gasteiger partial charge in [0.1, 0.15) is 0 Å². The molecule has 0 bridgehead atoms. The molecule has 0 radical (unpaired) electrons. The lowest BCUT2D eigenvalue weighted by molar-refractivity contribution is 0.878. The number of benzene rings is 1. The van der Waals surface area contributed by atoms with E-state index in [1.165, 1.54) is 29.7 Å². The first-order valence-electron chi connectivity index (χ1n) is 5.80. The Morgan fingerprint density at radius 2 is 1.93 bits per heavy atom. The molecule has 1 aliphatic rings. The van der Waals surface area contributed by atoms with Gasteiger partial charge >= 0.3 is 0 Å². The molecule has 0 N–H and O–H groups in total. The highest BCUT2D eigenvalue weighted by Crippen LogP contribution is 2.42. The summed E-state index contributed by atoms with van der Waals surface area (Å²) in [6.45, 7) is 4.43. The zero-order valence-corrected chi connectivity index (χ0v) is 9.83. The molecule has 0 saturated heterocycles. The molecule has 0 amide bonds. The molecular formula is C14H19N. The van der Waals surface area contributed by atoms with Gasteiger partial charge in [0.2, 0.25) is 0 Å². The molecule has 1 nitrogen and oxygen atoms in total. The first kappa shape index (κ1) is 10.4. The molecule has 0 aliphatic heterocycles. The maximum Gasteiger partial charge on any atom is 0.0445 e. The van der Waals surface area contributed by atoms with Gasteiger partial charge in [-0.1, -0.05) is 38.1 Å². The zero-order valence-electron chi connectivity index (χ0n) is 9.83. The van der Waals surface area contributed by atoms with Crippen LogP contribution >= 0.6 is 0 Å². The van der Waals surface area contributed by atoms with E-state index in [4.69, 9.17) is 0 Å². The molecule has 1 aromatic rings. The van der Waals surface area contributed by atoms with Crippen LogP contribution in [0.15, 0.2) is 29.3 Å². The van der Waals surface area contributed by atoms with Gasteiger partial charge in [-0.15, -0.1) is 0 Å². The molecule has 15 heavy (non-hydrogen) atoms. The van der Waals surface area contributed by atoms with Crippen LogP contribution in [0.4, 0.5) is 0 Å². The van der Waals surface area contributed by atoms with Gasteiger partial charge < -0.3 is 0 Å². The van der Waals surface area contributed by atoms with E-state index < -0.39 is 0 Å². The van der Waals surface area contributed by atoms with Crippen molar-refractivity contribution >= 4 is 5.71 Å². The van der Waals surface area contributed by atoms with Gasteiger partial charge in [-0.05, 0) is 35.8 Å². The minimum atomic E-state index is 0.509. The van der Waals surface area contributed by atoms with E-state index in [-0.39, 0.29) is 0 Å². The largest absolute Gasteiger partial charge is 0.292 e. The van der Waals surface area contributed by atoms with Crippen molar-refractivity contribution in [1.82, 2.24) is 0 Å². The van der Waals surface area contributed by atoms with Crippen LogP contribution in [0.5, 0.6) is 0 Å². The van der Waals surface area contributed by atoms with E-state index in [2.05, 4.69) is 43.1 Å². The number of nitrogens with zero attached hydrogens (tertiary/aromatic N) is 1. The first-order valence-corrected chi connectivity index (χ1v) is 5.80. The molecule has 1 fully saturated rings. The van der Waals surface area contributed by atoms with Crippen molar-refractivity contribution in [1.29, 1.82) is 0 Å². The molecule has 1 aliphatic carbocycles. The van der Waals surface area contributed by atoms with Crippen molar-refractivity contribution in [3.63, 3.8) is 0 Å². The predicted molar refractivity (Wildman–Crippen MR) is 65.7 cm³/mol. The van der Waals surface area contributed by atoms with Crippen molar-refractivity contribution in [3.8, 4) is 0 Å². The van der Waals surface area contributed by atoms with Crippen LogP contribution < -0.4 is 0 Å². The lowest BCUT2D eigenvalue weighted by Crippen LogP contribution is -2.11. The normalized spacial score (nSPS) is 17.2. The van der Waals surface area contributed by atoms with Crippen LogP contribution in [0.2, 0.25) is 0 Å². The van der Waals surface area contributed by atoms with Gasteiger partial charge in [0.25, 0.3) is 0 Å². The van der Waals surface area contributed by atoms with E-state index in [0.29, 0.717) is 5.92 Å². The third-order valence-corrected chi connectivity index (χ3v) is 3.04. The minimum Gasteiger partial charge on any atom is -0.292 e. The summed E-state index contributed by atoms with van der Waals surface area (Å²) in [5.41, 5.74) is 4.13.